The van der Waals surface area contributed by atoms with Gasteiger partial charge in [-0.1, -0.05) is 18.2 Å². The first-order chi connectivity index (χ1) is 8.16. The van der Waals surface area contributed by atoms with Gasteiger partial charge in [0.05, 0.1) is 5.69 Å². The van der Waals surface area contributed by atoms with Crippen LogP contribution in [0.2, 0.25) is 0 Å². The molecule has 2 rings (SSSR count). The highest BCUT2D eigenvalue weighted by molar-refractivity contribution is 5.85. The summed E-state index contributed by atoms with van der Waals surface area (Å²) in [5, 5.41) is 9.52. The summed E-state index contributed by atoms with van der Waals surface area (Å²) in [7, 11) is 0. The molecule has 0 radical (unpaired) electrons. The molecule has 0 fully saturated rings. The lowest BCUT2D eigenvalue weighted by molar-refractivity contribution is 0.474. The van der Waals surface area contributed by atoms with Crippen molar-refractivity contribution < 1.29 is 9.50 Å². The Labute approximate surface area is 99.1 Å². The number of hydrogen-bond acceptors (Lipinski definition) is 2. The van der Waals surface area contributed by atoms with Crippen LogP contribution < -0.4 is 0 Å². The number of phenols is 1. The minimum atomic E-state index is -0.281. The fourth-order valence-electron chi connectivity index (χ4n) is 1.40. The number of aryl methyl sites for hydroxylation is 1. The third kappa shape index (κ3) is 2.69. The van der Waals surface area contributed by atoms with Crippen LogP contribution in [0.5, 0.6) is 5.75 Å². The van der Waals surface area contributed by atoms with Gasteiger partial charge in [0.15, 0.2) is 0 Å². The van der Waals surface area contributed by atoms with E-state index in [9.17, 15) is 9.50 Å². The third-order valence-corrected chi connectivity index (χ3v) is 2.44. The summed E-state index contributed by atoms with van der Waals surface area (Å²) in [6.45, 7) is 1.70. The number of aliphatic imine (C=N–C) groups is 1. The summed E-state index contributed by atoms with van der Waals surface area (Å²) in [5.41, 5.74) is 1.72. The van der Waals surface area contributed by atoms with Crippen molar-refractivity contribution in [3.63, 3.8) is 0 Å². The van der Waals surface area contributed by atoms with Crippen molar-refractivity contribution >= 4 is 11.9 Å². The Hall–Kier alpha value is -2.16. The largest absolute Gasteiger partial charge is 0.507 e. The summed E-state index contributed by atoms with van der Waals surface area (Å²) in [4.78, 5) is 4.11. The van der Waals surface area contributed by atoms with E-state index in [1.807, 2.05) is 0 Å². The average molecular weight is 229 g/mol. The van der Waals surface area contributed by atoms with E-state index in [0.717, 1.165) is 0 Å². The Balaban J connectivity index is 2.26. The van der Waals surface area contributed by atoms with Crippen molar-refractivity contribution in [3.8, 4) is 5.75 Å². The molecule has 0 aromatic heterocycles. The zero-order valence-corrected chi connectivity index (χ0v) is 9.39. The maximum Gasteiger partial charge on any atom is 0.128 e. The van der Waals surface area contributed by atoms with E-state index in [1.165, 1.54) is 12.3 Å². The van der Waals surface area contributed by atoms with Gasteiger partial charge in [0.25, 0.3) is 0 Å². The van der Waals surface area contributed by atoms with E-state index in [2.05, 4.69) is 4.99 Å². The van der Waals surface area contributed by atoms with Gasteiger partial charge in [0, 0.05) is 11.8 Å². The second kappa shape index (κ2) is 4.78. The summed E-state index contributed by atoms with van der Waals surface area (Å²) in [5.74, 6) is -0.124. The second-order valence-electron chi connectivity index (χ2n) is 3.75. The minimum Gasteiger partial charge on any atom is -0.507 e. The molecule has 0 aliphatic carbocycles. The lowest BCUT2D eigenvalue weighted by Crippen LogP contribution is -1.82. The van der Waals surface area contributed by atoms with Gasteiger partial charge >= 0.3 is 0 Å². The molecule has 0 spiro atoms. The molecule has 86 valence electrons. The maximum atomic E-state index is 13.3. The number of aromatic hydroxyl groups is 1. The number of nitrogens with zero attached hydrogens (tertiary/aromatic N) is 1. The van der Waals surface area contributed by atoms with Crippen molar-refractivity contribution in [1.82, 2.24) is 0 Å². The van der Waals surface area contributed by atoms with Crippen LogP contribution >= 0.6 is 0 Å². The molecule has 2 nitrogen and oxygen atoms in total. The first kappa shape index (κ1) is 11.3. The van der Waals surface area contributed by atoms with E-state index in [0.29, 0.717) is 16.8 Å². The van der Waals surface area contributed by atoms with Crippen molar-refractivity contribution in [2.45, 2.75) is 6.92 Å². The summed E-state index contributed by atoms with van der Waals surface area (Å²) < 4.78 is 13.3. The molecule has 1 N–H and O–H groups in total. The van der Waals surface area contributed by atoms with E-state index in [4.69, 9.17) is 0 Å². The normalized spacial score (nSPS) is 10.9. The molecule has 17 heavy (non-hydrogen) atoms. The van der Waals surface area contributed by atoms with E-state index < -0.39 is 0 Å². The van der Waals surface area contributed by atoms with Crippen LogP contribution in [-0.4, -0.2) is 11.3 Å². The predicted molar refractivity (Wildman–Crippen MR) is 66.5 cm³/mol. The first-order valence-corrected chi connectivity index (χ1v) is 5.25. The van der Waals surface area contributed by atoms with Crippen LogP contribution in [0.4, 0.5) is 10.1 Å². The Kier molecular flexibility index (Phi) is 3.19. The summed E-state index contributed by atoms with van der Waals surface area (Å²) >= 11 is 0. The maximum absolute atomic E-state index is 13.3. The number of para-hydroxylation sites is 1. The number of halogens is 1. The molecule has 0 amide bonds. The average Bonchev–Trinajstić information content (AvgIpc) is 2.32. The fourth-order valence-corrected chi connectivity index (χ4v) is 1.40. The van der Waals surface area contributed by atoms with Crippen molar-refractivity contribution in [2.75, 3.05) is 0 Å². The molecule has 0 aliphatic rings. The monoisotopic (exact) mass is 229 g/mol. The van der Waals surface area contributed by atoms with E-state index >= 15 is 0 Å². The number of phenolic OH excluding ortho intramolecular Hbond substituents is 1. The highest BCUT2D eigenvalue weighted by Crippen LogP contribution is 2.18. The van der Waals surface area contributed by atoms with Crippen molar-refractivity contribution in [3.05, 3.63) is 59.4 Å². The molecule has 3 heteroatoms. The topological polar surface area (TPSA) is 32.6 Å². The molecule has 2 aromatic carbocycles. The molecule has 0 bridgehead atoms. The molecule has 0 saturated carbocycles. The van der Waals surface area contributed by atoms with Crippen molar-refractivity contribution in [2.24, 2.45) is 4.99 Å². The molecular weight excluding hydrogens is 217 g/mol. The van der Waals surface area contributed by atoms with Gasteiger partial charge < -0.3 is 5.11 Å². The van der Waals surface area contributed by atoms with Crippen LogP contribution in [0.1, 0.15) is 11.1 Å². The minimum absolute atomic E-state index is 0.156. The predicted octanol–water partition coefficient (Wildman–Crippen LogP) is 3.59. The van der Waals surface area contributed by atoms with Crippen LogP contribution in [0.25, 0.3) is 0 Å². The Morgan fingerprint density at radius 2 is 1.94 bits per heavy atom. The highest BCUT2D eigenvalue weighted by Gasteiger charge is 1.98. The zero-order valence-electron chi connectivity index (χ0n) is 9.39. The third-order valence-electron chi connectivity index (χ3n) is 2.44. The van der Waals surface area contributed by atoms with Crippen LogP contribution in [-0.2, 0) is 0 Å². The number of hydrogen-bond donors (Lipinski definition) is 1. The first-order valence-electron chi connectivity index (χ1n) is 5.25. The molecule has 0 saturated heterocycles. The molecule has 2 aromatic rings. The van der Waals surface area contributed by atoms with Gasteiger partial charge in [-0.3, -0.25) is 4.99 Å². The van der Waals surface area contributed by atoms with E-state index in [1.54, 1.807) is 43.3 Å². The molecular formula is C14H12FNO. The van der Waals surface area contributed by atoms with Gasteiger partial charge in [-0.25, -0.2) is 4.39 Å². The van der Waals surface area contributed by atoms with Gasteiger partial charge in [0.2, 0.25) is 0 Å². The molecule has 0 unspecified atom stereocenters. The Bertz CT molecular complexity index is 564. The lowest BCUT2D eigenvalue weighted by Gasteiger charge is -1.99. The zero-order chi connectivity index (χ0) is 12.3. The quantitative estimate of drug-likeness (QED) is 0.784. The SMILES string of the molecule is Cc1ccc(N=Cc2ccccc2O)cc1F. The van der Waals surface area contributed by atoms with E-state index in [-0.39, 0.29) is 11.6 Å². The highest BCUT2D eigenvalue weighted by atomic mass is 19.1. The Morgan fingerprint density at radius 1 is 1.18 bits per heavy atom. The lowest BCUT2D eigenvalue weighted by atomic mass is 10.2. The number of benzene rings is 2. The molecule has 0 aliphatic heterocycles. The smallest absolute Gasteiger partial charge is 0.128 e. The Morgan fingerprint density at radius 3 is 2.65 bits per heavy atom. The van der Waals surface area contributed by atoms with Crippen molar-refractivity contribution in [1.29, 1.82) is 0 Å². The van der Waals surface area contributed by atoms with Crippen LogP contribution in [0.3, 0.4) is 0 Å². The van der Waals surface area contributed by atoms with Gasteiger partial charge in [-0.2, -0.15) is 0 Å². The van der Waals surface area contributed by atoms with Crippen LogP contribution in [0, 0.1) is 12.7 Å². The molecule has 0 heterocycles. The van der Waals surface area contributed by atoms with Gasteiger partial charge in [-0.05, 0) is 36.8 Å². The van der Waals surface area contributed by atoms with Gasteiger partial charge in [0.1, 0.15) is 11.6 Å². The summed E-state index contributed by atoms with van der Waals surface area (Å²) in [6, 6.07) is 11.6. The standard InChI is InChI=1S/C14H12FNO/c1-10-6-7-12(8-13(10)15)16-9-11-4-2-3-5-14(11)17/h2-9,17H,1H3. The van der Waals surface area contributed by atoms with Gasteiger partial charge in [-0.15, -0.1) is 0 Å². The number of rotatable bonds is 2. The fraction of sp³-hybridized carbons (Fsp3) is 0.0714. The van der Waals surface area contributed by atoms with Crippen LogP contribution in [0.15, 0.2) is 47.5 Å². The molecule has 0 atom stereocenters. The summed E-state index contributed by atoms with van der Waals surface area (Å²) in [6.07, 6.45) is 1.51. The second-order valence-corrected chi connectivity index (χ2v) is 3.75.